The van der Waals surface area contributed by atoms with Crippen molar-refractivity contribution in [1.82, 2.24) is 19.7 Å². The third-order valence-corrected chi connectivity index (χ3v) is 3.77. The molecule has 1 aliphatic rings. The van der Waals surface area contributed by atoms with Crippen LogP contribution < -0.4 is 10.5 Å². The second-order valence-electron chi connectivity index (χ2n) is 5.75. The van der Waals surface area contributed by atoms with Crippen LogP contribution in [0.15, 0.2) is 36.9 Å². The molecule has 0 aliphatic carbocycles. The quantitative estimate of drug-likeness (QED) is 0.770. The van der Waals surface area contributed by atoms with E-state index in [1.54, 1.807) is 11.0 Å². The maximum atomic E-state index is 10.8. The lowest BCUT2D eigenvalue weighted by molar-refractivity contribution is -0.119. The molecule has 0 saturated carbocycles. The Hall–Kier alpha value is -2.45. The van der Waals surface area contributed by atoms with Crippen LogP contribution in [-0.2, 0) is 22.6 Å². The maximum absolute atomic E-state index is 10.8. The summed E-state index contributed by atoms with van der Waals surface area (Å²) in [7, 11) is 0. The minimum Gasteiger partial charge on any atom is -0.484 e. The van der Waals surface area contributed by atoms with E-state index >= 15 is 0 Å². The molecule has 1 atom stereocenters. The summed E-state index contributed by atoms with van der Waals surface area (Å²) < 4.78 is 12.9. The van der Waals surface area contributed by atoms with Gasteiger partial charge in [0.15, 0.2) is 6.61 Å². The first-order valence-corrected chi connectivity index (χ1v) is 7.85. The number of hydrogen-bond donors (Lipinski definition) is 1. The van der Waals surface area contributed by atoms with Gasteiger partial charge < -0.3 is 15.2 Å². The van der Waals surface area contributed by atoms with Gasteiger partial charge in [0, 0.05) is 19.6 Å². The van der Waals surface area contributed by atoms with Gasteiger partial charge in [-0.3, -0.25) is 14.4 Å². The minimum atomic E-state index is -0.482. The molecule has 1 saturated heterocycles. The van der Waals surface area contributed by atoms with Gasteiger partial charge in [0.1, 0.15) is 18.4 Å². The highest BCUT2D eigenvalue weighted by Crippen LogP contribution is 2.17. The first kappa shape index (κ1) is 16.4. The topological polar surface area (TPSA) is 95.5 Å². The summed E-state index contributed by atoms with van der Waals surface area (Å²) >= 11 is 0. The number of aromatic nitrogens is 3. The highest BCUT2D eigenvalue weighted by Gasteiger charge is 2.21. The zero-order valence-electron chi connectivity index (χ0n) is 13.4. The van der Waals surface area contributed by atoms with Crippen LogP contribution in [0.25, 0.3) is 0 Å². The van der Waals surface area contributed by atoms with Crippen molar-refractivity contribution in [3.05, 3.63) is 42.5 Å². The van der Waals surface area contributed by atoms with Crippen LogP contribution in [0.2, 0.25) is 0 Å². The average molecular weight is 331 g/mol. The second kappa shape index (κ2) is 7.89. The van der Waals surface area contributed by atoms with E-state index in [9.17, 15) is 4.79 Å². The summed E-state index contributed by atoms with van der Waals surface area (Å²) in [5.41, 5.74) is 6.22. The molecule has 1 aromatic heterocycles. The van der Waals surface area contributed by atoms with Gasteiger partial charge in [-0.15, -0.1) is 0 Å². The molecular weight excluding hydrogens is 310 g/mol. The SMILES string of the molecule is NC(=O)COc1cccc(CN2CCOC(Cn3cncn3)C2)c1. The largest absolute Gasteiger partial charge is 0.484 e. The van der Waals surface area contributed by atoms with Crippen molar-refractivity contribution in [2.45, 2.75) is 19.2 Å². The van der Waals surface area contributed by atoms with Gasteiger partial charge in [-0.25, -0.2) is 4.98 Å². The van der Waals surface area contributed by atoms with Crippen molar-refractivity contribution in [2.75, 3.05) is 26.3 Å². The van der Waals surface area contributed by atoms with E-state index in [1.165, 1.54) is 6.33 Å². The number of hydrogen-bond acceptors (Lipinski definition) is 6. The van der Waals surface area contributed by atoms with E-state index in [-0.39, 0.29) is 12.7 Å². The molecule has 2 heterocycles. The summed E-state index contributed by atoms with van der Waals surface area (Å²) in [6, 6.07) is 7.71. The van der Waals surface area contributed by atoms with Crippen LogP contribution in [0.4, 0.5) is 0 Å². The van der Waals surface area contributed by atoms with E-state index in [4.69, 9.17) is 15.2 Å². The summed E-state index contributed by atoms with van der Waals surface area (Å²) in [6.45, 7) is 3.77. The number of benzene rings is 1. The Balaban J connectivity index is 1.55. The molecule has 1 amide bonds. The van der Waals surface area contributed by atoms with Crippen LogP contribution >= 0.6 is 0 Å². The monoisotopic (exact) mass is 331 g/mol. The number of nitrogens with zero attached hydrogens (tertiary/aromatic N) is 4. The van der Waals surface area contributed by atoms with Gasteiger partial charge >= 0.3 is 0 Å². The fourth-order valence-electron chi connectivity index (χ4n) is 2.72. The van der Waals surface area contributed by atoms with Gasteiger partial charge in [0.05, 0.1) is 19.3 Å². The predicted molar refractivity (Wildman–Crippen MR) is 86.2 cm³/mol. The fourth-order valence-corrected chi connectivity index (χ4v) is 2.72. The van der Waals surface area contributed by atoms with Crippen LogP contribution in [0, 0.1) is 0 Å². The van der Waals surface area contributed by atoms with Gasteiger partial charge in [0.25, 0.3) is 5.91 Å². The number of ether oxygens (including phenoxy) is 2. The van der Waals surface area contributed by atoms with Crippen LogP contribution in [0.1, 0.15) is 5.56 Å². The number of carbonyl (C=O) groups excluding carboxylic acids is 1. The Morgan fingerprint density at radius 2 is 2.38 bits per heavy atom. The Morgan fingerprint density at radius 1 is 1.46 bits per heavy atom. The molecule has 0 spiro atoms. The number of amides is 1. The molecule has 0 radical (unpaired) electrons. The maximum Gasteiger partial charge on any atom is 0.255 e. The third-order valence-electron chi connectivity index (χ3n) is 3.77. The summed E-state index contributed by atoms with van der Waals surface area (Å²) in [4.78, 5) is 17.1. The van der Waals surface area contributed by atoms with E-state index in [2.05, 4.69) is 15.0 Å². The van der Waals surface area contributed by atoms with E-state index < -0.39 is 5.91 Å². The number of nitrogens with two attached hydrogens (primary N) is 1. The van der Waals surface area contributed by atoms with Crippen LogP contribution in [-0.4, -0.2) is 58.0 Å². The minimum absolute atomic E-state index is 0.0924. The molecule has 128 valence electrons. The number of rotatable bonds is 7. The third kappa shape index (κ3) is 4.77. The Labute approximate surface area is 140 Å². The van der Waals surface area contributed by atoms with Crippen molar-refractivity contribution in [2.24, 2.45) is 5.73 Å². The summed E-state index contributed by atoms with van der Waals surface area (Å²) in [6.07, 6.45) is 3.31. The van der Waals surface area contributed by atoms with E-state index in [0.29, 0.717) is 18.9 Å². The first-order valence-electron chi connectivity index (χ1n) is 7.85. The summed E-state index contributed by atoms with van der Waals surface area (Å²) in [5, 5.41) is 4.12. The molecule has 2 N–H and O–H groups in total. The van der Waals surface area contributed by atoms with E-state index in [1.807, 2.05) is 24.3 Å². The molecular formula is C16H21N5O3. The lowest BCUT2D eigenvalue weighted by Gasteiger charge is -2.32. The molecule has 3 rings (SSSR count). The molecule has 1 fully saturated rings. The molecule has 8 nitrogen and oxygen atoms in total. The average Bonchev–Trinajstić information content (AvgIpc) is 3.07. The van der Waals surface area contributed by atoms with Crippen LogP contribution in [0.5, 0.6) is 5.75 Å². The molecule has 24 heavy (non-hydrogen) atoms. The normalized spacial score (nSPS) is 18.4. The molecule has 1 aliphatic heterocycles. The first-order chi connectivity index (χ1) is 11.7. The molecule has 0 bridgehead atoms. The zero-order valence-corrected chi connectivity index (χ0v) is 13.4. The van der Waals surface area contributed by atoms with Crippen molar-refractivity contribution in [3.63, 3.8) is 0 Å². The van der Waals surface area contributed by atoms with Crippen molar-refractivity contribution < 1.29 is 14.3 Å². The highest BCUT2D eigenvalue weighted by molar-refractivity contribution is 5.75. The Bertz CT molecular complexity index is 661. The van der Waals surface area contributed by atoms with Crippen molar-refractivity contribution in [3.8, 4) is 5.75 Å². The predicted octanol–water partition coefficient (Wildman–Crippen LogP) is 0.0432. The number of primary amides is 1. The molecule has 1 aromatic carbocycles. The number of carbonyl (C=O) groups is 1. The van der Waals surface area contributed by atoms with E-state index in [0.717, 1.165) is 25.2 Å². The fraction of sp³-hybridized carbons (Fsp3) is 0.438. The summed E-state index contributed by atoms with van der Waals surface area (Å²) in [5.74, 6) is 0.170. The van der Waals surface area contributed by atoms with Gasteiger partial charge in [-0.05, 0) is 17.7 Å². The van der Waals surface area contributed by atoms with Crippen molar-refractivity contribution in [1.29, 1.82) is 0 Å². The lowest BCUT2D eigenvalue weighted by Crippen LogP contribution is -2.43. The Morgan fingerprint density at radius 3 is 3.17 bits per heavy atom. The van der Waals surface area contributed by atoms with Gasteiger partial charge in [0.2, 0.25) is 0 Å². The van der Waals surface area contributed by atoms with Gasteiger partial charge in [-0.1, -0.05) is 12.1 Å². The molecule has 2 aromatic rings. The molecule has 8 heteroatoms. The number of morpholine rings is 1. The van der Waals surface area contributed by atoms with Gasteiger partial charge in [-0.2, -0.15) is 5.10 Å². The standard InChI is InChI=1S/C16H21N5O3/c17-16(22)10-24-14-3-1-2-13(6-14)7-20-4-5-23-15(8-20)9-21-12-18-11-19-21/h1-3,6,11-12,15H,4-5,7-10H2,(H2,17,22). The smallest absolute Gasteiger partial charge is 0.255 e. The zero-order chi connectivity index (χ0) is 16.8. The van der Waals surface area contributed by atoms with Crippen molar-refractivity contribution >= 4 is 5.91 Å². The lowest BCUT2D eigenvalue weighted by atomic mass is 10.1. The molecule has 1 unspecified atom stereocenters. The second-order valence-corrected chi connectivity index (χ2v) is 5.75. The Kier molecular flexibility index (Phi) is 5.39. The van der Waals surface area contributed by atoms with Crippen LogP contribution in [0.3, 0.4) is 0 Å². The highest BCUT2D eigenvalue weighted by atomic mass is 16.5.